The molecule has 0 radical (unpaired) electrons. The van der Waals surface area contributed by atoms with E-state index >= 15 is 0 Å². The lowest BCUT2D eigenvalue weighted by Crippen LogP contribution is -2.29. The highest BCUT2D eigenvalue weighted by atomic mass is 16.5. The fraction of sp³-hybridized carbons (Fsp3) is 0.500. The van der Waals surface area contributed by atoms with Gasteiger partial charge >= 0.3 is 5.97 Å². The van der Waals surface area contributed by atoms with E-state index in [0.717, 1.165) is 0 Å². The first-order chi connectivity index (χ1) is 8.15. The van der Waals surface area contributed by atoms with E-state index in [4.69, 9.17) is 10.00 Å². The Kier molecular flexibility index (Phi) is 8.06. The summed E-state index contributed by atoms with van der Waals surface area (Å²) in [4.78, 5) is 22.1. The summed E-state index contributed by atoms with van der Waals surface area (Å²) in [7, 11) is 2.75. The van der Waals surface area contributed by atoms with Crippen molar-refractivity contribution in [3.63, 3.8) is 0 Å². The van der Waals surface area contributed by atoms with E-state index in [1.165, 1.54) is 20.4 Å². The molecule has 0 saturated heterocycles. The minimum atomic E-state index is -0.526. The van der Waals surface area contributed by atoms with Crippen molar-refractivity contribution in [3.8, 4) is 6.07 Å². The molecule has 0 aliphatic rings. The monoisotopic (exact) mass is 241 g/mol. The summed E-state index contributed by atoms with van der Waals surface area (Å²) >= 11 is 0. The van der Waals surface area contributed by atoms with Crippen molar-refractivity contribution in [3.05, 3.63) is 11.8 Å². The van der Waals surface area contributed by atoms with Gasteiger partial charge in [-0.05, 0) is 0 Å². The molecule has 0 atom stereocenters. The molecule has 2 N–H and O–H groups in total. The zero-order chi connectivity index (χ0) is 13.1. The molecule has 0 aromatic carbocycles. The van der Waals surface area contributed by atoms with Gasteiger partial charge in [-0.1, -0.05) is 0 Å². The minimum absolute atomic E-state index is 0.104. The SMILES string of the molecule is COCCNC(=O)/C(C#N)=C\NCC(=O)OC. The molecule has 0 saturated carbocycles. The second-order valence-electron chi connectivity index (χ2n) is 2.88. The Labute approximate surface area is 99.4 Å². The fourth-order valence-corrected chi connectivity index (χ4v) is 0.819. The Balaban J connectivity index is 4.12. The van der Waals surface area contributed by atoms with Gasteiger partial charge in [-0.15, -0.1) is 0 Å². The lowest BCUT2D eigenvalue weighted by Gasteiger charge is -2.03. The molecule has 0 aliphatic heterocycles. The van der Waals surface area contributed by atoms with Crippen LogP contribution < -0.4 is 10.6 Å². The number of nitrogens with one attached hydrogen (secondary N) is 2. The summed E-state index contributed by atoms with van der Waals surface area (Å²) < 4.78 is 9.11. The first-order valence-electron chi connectivity index (χ1n) is 4.83. The van der Waals surface area contributed by atoms with Gasteiger partial charge in [0.25, 0.3) is 5.91 Å². The maximum absolute atomic E-state index is 11.4. The second-order valence-corrected chi connectivity index (χ2v) is 2.88. The number of esters is 1. The summed E-state index contributed by atoms with van der Waals surface area (Å²) in [6.07, 6.45) is 1.17. The maximum atomic E-state index is 11.4. The third-order valence-electron chi connectivity index (χ3n) is 1.68. The van der Waals surface area contributed by atoms with Gasteiger partial charge in [-0.25, -0.2) is 0 Å². The number of amides is 1. The molecule has 7 heteroatoms. The summed E-state index contributed by atoms with van der Waals surface area (Å²) in [5.74, 6) is -1.01. The Hall–Kier alpha value is -2.07. The fourth-order valence-electron chi connectivity index (χ4n) is 0.819. The van der Waals surface area contributed by atoms with E-state index in [9.17, 15) is 9.59 Å². The molecule has 0 rings (SSSR count). The Bertz CT molecular complexity index is 333. The van der Waals surface area contributed by atoms with Gasteiger partial charge in [0, 0.05) is 19.9 Å². The molecule has 0 bridgehead atoms. The molecule has 17 heavy (non-hydrogen) atoms. The highest BCUT2D eigenvalue weighted by Crippen LogP contribution is 1.89. The molecule has 0 unspecified atom stereocenters. The van der Waals surface area contributed by atoms with E-state index in [0.29, 0.717) is 13.2 Å². The number of ether oxygens (including phenoxy) is 2. The van der Waals surface area contributed by atoms with Crippen LogP contribution in [-0.4, -0.2) is 45.8 Å². The van der Waals surface area contributed by atoms with Crippen LogP contribution >= 0.6 is 0 Å². The first kappa shape index (κ1) is 14.9. The van der Waals surface area contributed by atoms with Crippen LogP contribution in [0.15, 0.2) is 11.8 Å². The predicted octanol–water partition coefficient (Wildman–Crippen LogP) is -1.08. The average Bonchev–Trinajstić information content (AvgIpc) is 2.34. The van der Waals surface area contributed by atoms with Crippen LogP contribution in [0.2, 0.25) is 0 Å². The minimum Gasteiger partial charge on any atom is -0.468 e. The quantitative estimate of drug-likeness (QED) is 0.254. The number of methoxy groups -OCH3 is 2. The van der Waals surface area contributed by atoms with E-state index < -0.39 is 11.9 Å². The maximum Gasteiger partial charge on any atom is 0.325 e. The molecule has 0 aromatic heterocycles. The lowest BCUT2D eigenvalue weighted by molar-refractivity contribution is -0.139. The molecule has 0 aromatic rings. The lowest BCUT2D eigenvalue weighted by atomic mass is 10.3. The van der Waals surface area contributed by atoms with Crippen LogP contribution in [0.3, 0.4) is 0 Å². The van der Waals surface area contributed by atoms with Crippen LogP contribution in [-0.2, 0) is 19.1 Å². The van der Waals surface area contributed by atoms with Crippen LogP contribution in [0, 0.1) is 11.3 Å². The molecule has 0 fully saturated rings. The van der Waals surface area contributed by atoms with Gasteiger partial charge in [-0.2, -0.15) is 5.26 Å². The highest BCUT2D eigenvalue weighted by molar-refractivity contribution is 5.97. The Morgan fingerprint density at radius 2 is 2.12 bits per heavy atom. The second kappa shape index (κ2) is 9.18. The number of nitriles is 1. The number of carbonyl (C=O) groups excluding carboxylic acids is 2. The van der Waals surface area contributed by atoms with Crippen LogP contribution in [0.25, 0.3) is 0 Å². The molecule has 0 heterocycles. The number of nitrogens with zero attached hydrogens (tertiary/aromatic N) is 1. The Morgan fingerprint density at radius 1 is 1.41 bits per heavy atom. The van der Waals surface area contributed by atoms with Crippen LogP contribution in [0.4, 0.5) is 0 Å². The molecule has 1 amide bonds. The molecular weight excluding hydrogens is 226 g/mol. The normalized spacial score (nSPS) is 10.3. The summed E-state index contributed by atoms with van der Waals surface area (Å²) in [5, 5.41) is 13.7. The summed E-state index contributed by atoms with van der Waals surface area (Å²) in [5.41, 5.74) is -0.120. The smallest absolute Gasteiger partial charge is 0.325 e. The van der Waals surface area contributed by atoms with Gasteiger partial charge in [-0.3, -0.25) is 9.59 Å². The summed E-state index contributed by atoms with van der Waals surface area (Å²) in [6.45, 7) is 0.568. The van der Waals surface area contributed by atoms with Crippen molar-refractivity contribution in [1.82, 2.24) is 10.6 Å². The number of hydrogen-bond acceptors (Lipinski definition) is 6. The van der Waals surface area contributed by atoms with Crippen molar-refractivity contribution in [2.24, 2.45) is 0 Å². The van der Waals surface area contributed by atoms with E-state index in [1.54, 1.807) is 6.07 Å². The molecule has 94 valence electrons. The van der Waals surface area contributed by atoms with Gasteiger partial charge in [0.1, 0.15) is 18.2 Å². The summed E-state index contributed by atoms with van der Waals surface area (Å²) in [6, 6.07) is 1.71. The Morgan fingerprint density at radius 3 is 2.65 bits per heavy atom. The van der Waals surface area contributed by atoms with E-state index in [-0.39, 0.29) is 12.1 Å². The third-order valence-corrected chi connectivity index (χ3v) is 1.68. The van der Waals surface area contributed by atoms with Gasteiger partial charge in [0.15, 0.2) is 0 Å². The molecule has 0 spiro atoms. The van der Waals surface area contributed by atoms with E-state index in [2.05, 4.69) is 15.4 Å². The number of carbonyl (C=O) groups is 2. The first-order valence-corrected chi connectivity index (χ1v) is 4.83. The van der Waals surface area contributed by atoms with Crippen LogP contribution in [0.1, 0.15) is 0 Å². The molecule has 0 aliphatic carbocycles. The van der Waals surface area contributed by atoms with Gasteiger partial charge in [0.05, 0.1) is 13.7 Å². The standard InChI is InChI=1S/C10H15N3O4/c1-16-4-3-13-10(15)8(5-11)6-12-7-9(14)17-2/h6,12H,3-4,7H2,1-2H3,(H,13,15)/b8-6-. The van der Waals surface area contributed by atoms with Crippen molar-refractivity contribution < 1.29 is 19.1 Å². The average molecular weight is 241 g/mol. The van der Waals surface area contributed by atoms with Gasteiger partial charge in [0.2, 0.25) is 0 Å². The zero-order valence-corrected chi connectivity index (χ0v) is 9.78. The largest absolute Gasteiger partial charge is 0.468 e. The van der Waals surface area contributed by atoms with E-state index in [1.807, 2.05) is 0 Å². The molecule has 7 nitrogen and oxygen atoms in total. The highest BCUT2D eigenvalue weighted by Gasteiger charge is 2.07. The van der Waals surface area contributed by atoms with Crippen molar-refractivity contribution in [1.29, 1.82) is 5.26 Å². The third kappa shape index (κ3) is 6.92. The van der Waals surface area contributed by atoms with Crippen molar-refractivity contribution in [2.75, 3.05) is 33.9 Å². The zero-order valence-electron chi connectivity index (χ0n) is 9.78. The van der Waals surface area contributed by atoms with Crippen molar-refractivity contribution >= 4 is 11.9 Å². The predicted molar refractivity (Wildman–Crippen MR) is 58.6 cm³/mol. The van der Waals surface area contributed by atoms with Gasteiger partial charge < -0.3 is 20.1 Å². The number of rotatable bonds is 7. The topological polar surface area (TPSA) is 100 Å². The van der Waals surface area contributed by atoms with Crippen LogP contribution in [0.5, 0.6) is 0 Å². The molecular formula is C10H15N3O4. The number of hydrogen-bond donors (Lipinski definition) is 2. The van der Waals surface area contributed by atoms with Crippen molar-refractivity contribution in [2.45, 2.75) is 0 Å².